The highest BCUT2D eigenvalue weighted by molar-refractivity contribution is 6.07. The summed E-state index contributed by atoms with van der Waals surface area (Å²) in [5.41, 5.74) is 4.58. The number of hydrogen-bond donors (Lipinski definition) is 1. The number of rotatable bonds is 2. The van der Waals surface area contributed by atoms with E-state index in [9.17, 15) is 4.79 Å². The van der Waals surface area contributed by atoms with Gasteiger partial charge in [-0.3, -0.25) is 9.89 Å². The predicted molar refractivity (Wildman–Crippen MR) is 112 cm³/mol. The van der Waals surface area contributed by atoms with Crippen LogP contribution in [0.1, 0.15) is 0 Å². The van der Waals surface area contributed by atoms with Crippen molar-refractivity contribution in [3.05, 3.63) is 89.5 Å². The molecule has 0 aliphatic rings. The summed E-state index contributed by atoms with van der Waals surface area (Å²) in [6.07, 6.45) is 3.28. The molecule has 138 valence electrons. The van der Waals surface area contributed by atoms with Crippen LogP contribution in [0.4, 0.5) is 0 Å². The number of H-pyrrole nitrogens is 1. The number of aromatic nitrogens is 4. The largest absolute Gasteiger partial charge is 0.446 e. The highest BCUT2D eigenvalue weighted by Crippen LogP contribution is 2.31. The van der Waals surface area contributed by atoms with Crippen molar-refractivity contribution in [1.82, 2.24) is 19.6 Å². The van der Waals surface area contributed by atoms with Gasteiger partial charge in [0.2, 0.25) is 5.71 Å². The van der Waals surface area contributed by atoms with Gasteiger partial charge in [-0.1, -0.05) is 60.7 Å². The van der Waals surface area contributed by atoms with E-state index in [0.29, 0.717) is 22.6 Å². The Hall–Kier alpha value is -4.19. The molecule has 29 heavy (non-hydrogen) atoms. The van der Waals surface area contributed by atoms with Gasteiger partial charge in [-0.25, -0.2) is 9.97 Å². The average molecular weight is 378 g/mol. The lowest BCUT2D eigenvalue weighted by Gasteiger charge is -2.09. The second kappa shape index (κ2) is 5.90. The minimum Gasteiger partial charge on any atom is -0.446 e. The van der Waals surface area contributed by atoms with E-state index in [1.54, 1.807) is 12.5 Å². The van der Waals surface area contributed by atoms with Crippen LogP contribution < -0.4 is 5.56 Å². The molecule has 0 bridgehead atoms. The molecule has 0 saturated heterocycles. The molecule has 6 aromatic rings. The molecule has 0 saturated carbocycles. The van der Waals surface area contributed by atoms with E-state index in [0.717, 1.165) is 27.4 Å². The summed E-state index contributed by atoms with van der Waals surface area (Å²) in [4.78, 5) is 22.9. The van der Waals surface area contributed by atoms with E-state index in [2.05, 4.69) is 10.1 Å². The summed E-state index contributed by atoms with van der Waals surface area (Å²) < 4.78 is 6.89. The minimum absolute atomic E-state index is 0.159. The van der Waals surface area contributed by atoms with Crippen molar-refractivity contribution in [2.45, 2.75) is 0 Å². The van der Waals surface area contributed by atoms with Crippen molar-refractivity contribution in [2.24, 2.45) is 0 Å². The van der Waals surface area contributed by atoms with Crippen molar-refractivity contribution < 1.29 is 4.42 Å². The summed E-state index contributed by atoms with van der Waals surface area (Å²) in [5.74, 6) is 0. The summed E-state index contributed by atoms with van der Waals surface area (Å²) in [5, 5.41) is 4.79. The van der Waals surface area contributed by atoms with Gasteiger partial charge >= 0.3 is 0 Å². The van der Waals surface area contributed by atoms with Crippen LogP contribution >= 0.6 is 0 Å². The maximum absolute atomic E-state index is 13.6. The Morgan fingerprint density at radius 3 is 2.34 bits per heavy atom. The number of hydrogen-bond acceptors (Lipinski definition) is 4. The summed E-state index contributed by atoms with van der Waals surface area (Å²) in [6.45, 7) is 0. The molecule has 0 amide bonds. The molecule has 0 spiro atoms. The number of benzene rings is 2. The van der Waals surface area contributed by atoms with Gasteiger partial charge < -0.3 is 4.42 Å². The fraction of sp³-hybridized carbons (Fsp3) is 0. The molecule has 4 aromatic heterocycles. The maximum atomic E-state index is 13.6. The zero-order chi connectivity index (χ0) is 19.4. The van der Waals surface area contributed by atoms with E-state index in [1.165, 1.54) is 4.52 Å². The zero-order valence-electron chi connectivity index (χ0n) is 15.2. The normalized spacial score (nSPS) is 11.6. The molecular formula is C23H14N4O2. The Morgan fingerprint density at radius 2 is 1.59 bits per heavy atom. The van der Waals surface area contributed by atoms with Crippen molar-refractivity contribution in [1.29, 1.82) is 0 Å². The minimum atomic E-state index is -0.159. The molecule has 6 rings (SSSR count). The number of pyridine rings is 1. The third-order valence-corrected chi connectivity index (χ3v) is 5.15. The third kappa shape index (κ3) is 2.26. The van der Waals surface area contributed by atoms with Gasteiger partial charge in [0.25, 0.3) is 5.56 Å². The van der Waals surface area contributed by atoms with Crippen LogP contribution in [0, 0.1) is 0 Å². The zero-order valence-corrected chi connectivity index (χ0v) is 15.2. The molecule has 0 radical (unpaired) electrons. The Bertz CT molecular complexity index is 1560. The average Bonchev–Trinajstić information content (AvgIpc) is 3.39. The Labute approximate surface area is 164 Å². The first kappa shape index (κ1) is 15.8. The van der Waals surface area contributed by atoms with Crippen LogP contribution in [0.5, 0.6) is 0 Å². The molecule has 0 aliphatic heterocycles. The van der Waals surface area contributed by atoms with Gasteiger partial charge in [0.05, 0.1) is 33.8 Å². The van der Waals surface area contributed by atoms with Crippen molar-refractivity contribution in [3.8, 4) is 22.4 Å². The highest BCUT2D eigenvalue weighted by Gasteiger charge is 2.20. The first-order valence-corrected chi connectivity index (χ1v) is 9.23. The van der Waals surface area contributed by atoms with Gasteiger partial charge in [-0.05, 0) is 11.6 Å². The van der Waals surface area contributed by atoms with Crippen LogP contribution in [-0.4, -0.2) is 19.6 Å². The number of nitrogens with zero attached hydrogens (tertiary/aromatic N) is 3. The van der Waals surface area contributed by atoms with Gasteiger partial charge in [-0.15, -0.1) is 0 Å². The van der Waals surface area contributed by atoms with Crippen LogP contribution in [0.15, 0.2) is 88.4 Å². The smallest absolute Gasteiger partial charge is 0.281 e. The molecule has 0 aliphatic carbocycles. The second-order valence-electron chi connectivity index (χ2n) is 6.83. The number of nitrogens with one attached hydrogen (secondary N) is 1. The molecule has 1 N–H and O–H groups in total. The van der Waals surface area contributed by atoms with Crippen LogP contribution in [0.2, 0.25) is 0 Å². The van der Waals surface area contributed by atoms with Gasteiger partial charge in [0, 0.05) is 11.8 Å². The topological polar surface area (TPSA) is 76.2 Å². The molecule has 6 nitrogen and oxygen atoms in total. The lowest BCUT2D eigenvalue weighted by Crippen LogP contribution is -2.18. The van der Waals surface area contributed by atoms with E-state index >= 15 is 0 Å². The van der Waals surface area contributed by atoms with Gasteiger partial charge in [0.15, 0.2) is 5.65 Å². The van der Waals surface area contributed by atoms with Gasteiger partial charge in [-0.2, -0.15) is 4.52 Å². The molecule has 0 unspecified atom stereocenters. The van der Waals surface area contributed by atoms with Gasteiger partial charge in [0.1, 0.15) is 0 Å². The summed E-state index contributed by atoms with van der Waals surface area (Å²) in [7, 11) is 0. The van der Waals surface area contributed by atoms with E-state index in [4.69, 9.17) is 9.40 Å². The first-order valence-electron chi connectivity index (χ1n) is 9.23. The number of furan rings is 1. The molecule has 6 heteroatoms. The van der Waals surface area contributed by atoms with E-state index in [-0.39, 0.29) is 5.56 Å². The Morgan fingerprint density at radius 1 is 0.862 bits per heavy atom. The highest BCUT2D eigenvalue weighted by atomic mass is 16.3. The monoisotopic (exact) mass is 378 g/mol. The molecule has 0 atom stereocenters. The lowest BCUT2D eigenvalue weighted by molar-refractivity contribution is 0.603. The van der Waals surface area contributed by atoms with Crippen LogP contribution in [0.25, 0.3) is 50.0 Å². The summed E-state index contributed by atoms with van der Waals surface area (Å²) in [6, 6.07) is 21.2. The van der Waals surface area contributed by atoms with E-state index in [1.807, 2.05) is 66.7 Å². The quantitative estimate of drug-likeness (QED) is 0.476. The molecule has 4 heterocycles. The standard InChI is InChI=1S/C23H14N4O2/c28-23-18(14-7-3-1-4-8-14)19(15-9-5-2-6-10-15)25-21-17-13-24-22-16(11-12-29-22)20(17)26-27(21)23/h1-13,26H. The first-order chi connectivity index (χ1) is 14.3. The molecular weight excluding hydrogens is 364 g/mol. The fourth-order valence-electron chi connectivity index (χ4n) is 3.80. The lowest BCUT2D eigenvalue weighted by atomic mass is 10.0. The molecule has 0 fully saturated rings. The van der Waals surface area contributed by atoms with Crippen LogP contribution in [0.3, 0.4) is 0 Å². The molecule has 2 aromatic carbocycles. The third-order valence-electron chi connectivity index (χ3n) is 5.15. The fourth-order valence-corrected chi connectivity index (χ4v) is 3.80. The Balaban J connectivity index is 1.81. The summed E-state index contributed by atoms with van der Waals surface area (Å²) >= 11 is 0. The SMILES string of the molecule is O=c1c(-c2ccccc2)c(-c2ccccc2)nc2c3cnc4occc4c3[nH]n12. The second-order valence-corrected chi connectivity index (χ2v) is 6.83. The number of aromatic amines is 1. The predicted octanol–water partition coefficient (Wildman–Crippen LogP) is 4.65. The van der Waals surface area contributed by atoms with Crippen LogP contribution in [-0.2, 0) is 0 Å². The van der Waals surface area contributed by atoms with E-state index < -0.39 is 0 Å². The Kier molecular flexibility index (Phi) is 3.22. The van der Waals surface area contributed by atoms with Crippen molar-refractivity contribution in [3.63, 3.8) is 0 Å². The number of fused-ring (bicyclic) bond motifs is 5. The maximum Gasteiger partial charge on any atom is 0.281 e. The van der Waals surface area contributed by atoms with Crippen molar-refractivity contribution >= 4 is 27.6 Å². The van der Waals surface area contributed by atoms with Crippen molar-refractivity contribution in [2.75, 3.05) is 0 Å².